The molecule has 0 aliphatic carbocycles. The highest BCUT2D eigenvalue weighted by Gasteiger charge is 2.28. The van der Waals surface area contributed by atoms with E-state index in [1.165, 1.54) is 11.1 Å². The molecular formula is C18H22O2. The molecule has 0 amide bonds. The first-order valence-electron chi connectivity index (χ1n) is 6.93. The Balaban J connectivity index is 2.40. The lowest BCUT2D eigenvalue weighted by atomic mass is 9.81. The van der Waals surface area contributed by atoms with E-state index in [1.807, 2.05) is 12.1 Å². The van der Waals surface area contributed by atoms with Crippen LogP contribution in [0.3, 0.4) is 0 Å². The fourth-order valence-electron chi connectivity index (χ4n) is 2.80. The summed E-state index contributed by atoms with van der Waals surface area (Å²) in [7, 11) is 3.38. The van der Waals surface area contributed by atoms with Gasteiger partial charge in [-0.05, 0) is 11.1 Å². The van der Waals surface area contributed by atoms with Crippen LogP contribution in [0, 0.1) is 5.92 Å². The number of methoxy groups -OCH3 is 2. The van der Waals surface area contributed by atoms with Crippen LogP contribution in [0.1, 0.15) is 24.0 Å². The minimum absolute atomic E-state index is 0.217. The van der Waals surface area contributed by atoms with Gasteiger partial charge in [0, 0.05) is 26.1 Å². The summed E-state index contributed by atoms with van der Waals surface area (Å²) >= 11 is 0. The number of hydrogen-bond donors (Lipinski definition) is 0. The predicted molar refractivity (Wildman–Crippen MR) is 81.7 cm³/mol. The molecule has 0 radical (unpaired) electrons. The van der Waals surface area contributed by atoms with Crippen LogP contribution >= 0.6 is 0 Å². The minimum atomic E-state index is -0.222. The zero-order valence-electron chi connectivity index (χ0n) is 12.3. The van der Waals surface area contributed by atoms with Gasteiger partial charge in [-0.3, -0.25) is 0 Å². The van der Waals surface area contributed by atoms with E-state index < -0.39 is 0 Å². The lowest BCUT2D eigenvalue weighted by molar-refractivity contribution is -0.136. The second-order valence-electron chi connectivity index (χ2n) is 5.00. The van der Waals surface area contributed by atoms with Gasteiger partial charge in [0.2, 0.25) is 0 Å². The summed E-state index contributed by atoms with van der Waals surface area (Å²) in [5.74, 6) is 0.470. The largest absolute Gasteiger partial charge is 0.356 e. The molecule has 106 valence electrons. The van der Waals surface area contributed by atoms with Crippen LogP contribution in [-0.2, 0) is 9.47 Å². The summed E-state index contributed by atoms with van der Waals surface area (Å²) in [6.45, 7) is 2.17. The number of rotatable bonds is 6. The molecule has 2 aromatic carbocycles. The van der Waals surface area contributed by atoms with Crippen molar-refractivity contribution in [3.05, 3.63) is 71.8 Å². The Morgan fingerprint density at radius 1 is 0.700 bits per heavy atom. The van der Waals surface area contributed by atoms with Crippen LogP contribution < -0.4 is 0 Å². The molecular weight excluding hydrogens is 248 g/mol. The number of hydrogen-bond acceptors (Lipinski definition) is 2. The normalized spacial score (nSPS) is 12.8. The summed E-state index contributed by atoms with van der Waals surface area (Å²) in [6.07, 6.45) is -0.222. The van der Waals surface area contributed by atoms with Gasteiger partial charge in [0.15, 0.2) is 6.29 Å². The standard InChI is InChI=1S/C18H22O2/c1-14(18(19-2)20-3)17(15-10-6-4-7-11-15)16-12-8-5-9-13-16/h4-14,17-18H,1-3H3. The first kappa shape index (κ1) is 14.8. The van der Waals surface area contributed by atoms with Gasteiger partial charge in [-0.15, -0.1) is 0 Å². The van der Waals surface area contributed by atoms with Crippen LogP contribution in [0.5, 0.6) is 0 Å². The lowest BCUT2D eigenvalue weighted by Crippen LogP contribution is -2.28. The fourth-order valence-corrected chi connectivity index (χ4v) is 2.80. The van der Waals surface area contributed by atoms with E-state index in [0.29, 0.717) is 0 Å². The molecule has 20 heavy (non-hydrogen) atoms. The molecule has 0 aromatic heterocycles. The third kappa shape index (κ3) is 3.27. The van der Waals surface area contributed by atoms with Gasteiger partial charge in [0.05, 0.1) is 0 Å². The monoisotopic (exact) mass is 270 g/mol. The maximum absolute atomic E-state index is 5.46. The molecule has 0 bridgehead atoms. The molecule has 1 atom stereocenters. The summed E-state index contributed by atoms with van der Waals surface area (Å²) in [4.78, 5) is 0. The molecule has 0 fully saturated rings. The number of ether oxygens (including phenoxy) is 2. The molecule has 0 aliphatic rings. The van der Waals surface area contributed by atoms with Gasteiger partial charge >= 0.3 is 0 Å². The third-order valence-corrected chi connectivity index (χ3v) is 3.74. The second kappa shape index (κ2) is 7.22. The van der Waals surface area contributed by atoms with E-state index in [9.17, 15) is 0 Å². The van der Waals surface area contributed by atoms with Gasteiger partial charge in [0.25, 0.3) is 0 Å². The van der Waals surface area contributed by atoms with E-state index in [4.69, 9.17) is 9.47 Å². The van der Waals surface area contributed by atoms with Crippen LogP contribution in [0.2, 0.25) is 0 Å². The van der Waals surface area contributed by atoms with E-state index >= 15 is 0 Å². The fraction of sp³-hybridized carbons (Fsp3) is 0.333. The van der Waals surface area contributed by atoms with Crippen LogP contribution in [0.4, 0.5) is 0 Å². The Morgan fingerprint density at radius 3 is 1.45 bits per heavy atom. The molecule has 2 nitrogen and oxygen atoms in total. The molecule has 0 aliphatic heterocycles. The molecule has 2 aromatic rings. The molecule has 0 saturated heterocycles. The van der Waals surface area contributed by atoms with Gasteiger partial charge in [-0.25, -0.2) is 0 Å². The van der Waals surface area contributed by atoms with E-state index in [-0.39, 0.29) is 18.1 Å². The van der Waals surface area contributed by atoms with E-state index in [2.05, 4.69) is 55.5 Å². The summed E-state index contributed by atoms with van der Waals surface area (Å²) in [5.41, 5.74) is 2.57. The summed E-state index contributed by atoms with van der Waals surface area (Å²) in [6, 6.07) is 21.0. The van der Waals surface area contributed by atoms with Crippen molar-refractivity contribution in [2.75, 3.05) is 14.2 Å². The summed E-state index contributed by atoms with van der Waals surface area (Å²) < 4.78 is 10.9. The highest BCUT2D eigenvalue weighted by molar-refractivity contribution is 5.33. The van der Waals surface area contributed by atoms with Crippen molar-refractivity contribution in [2.24, 2.45) is 5.92 Å². The maximum Gasteiger partial charge on any atom is 0.160 e. The Labute approximate surface area is 121 Å². The van der Waals surface area contributed by atoms with Gasteiger partial charge in [-0.1, -0.05) is 67.6 Å². The average molecular weight is 270 g/mol. The van der Waals surface area contributed by atoms with Gasteiger partial charge < -0.3 is 9.47 Å². The average Bonchev–Trinajstić information content (AvgIpc) is 2.51. The lowest BCUT2D eigenvalue weighted by Gasteiger charge is -2.30. The minimum Gasteiger partial charge on any atom is -0.356 e. The van der Waals surface area contributed by atoms with Crippen molar-refractivity contribution in [1.29, 1.82) is 0 Å². The Kier molecular flexibility index (Phi) is 5.33. The Bertz CT molecular complexity index is 452. The van der Waals surface area contributed by atoms with Crippen molar-refractivity contribution in [2.45, 2.75) is 19.1 Å². The third-order valence-electron chi connectivity index (χ3n) is 3.74. The topological polar surface area (TPSA) is 18.5 Å². The van der Waals surface area contributed by atoms with Crippen molar-refractivity contribution in [3.8, 4) is 0 Å². The quantitative estimate of drug-likeness (QED) is 0.737. The first-order chi connectivity index (χ1) is 9.77. The van der Waals surface area contributed by atoms with Crippen LogP contribution in [-0.4, -0.2) is 20.5 Å². The molecule has 0 heterocycles. The highest BCUT2D eigenvalue weighted by Crippen LogP contribution is 2.34. The SMILES string of the molecule is COC(OC)C(C)C(c1ccccc1)c1ccccc1. The van der Waals surface area contributed by atoms with Crippen LogP contribution in [0.25, 0.3) is 0 Å². The Hall–Kier alpha value is -1.64. The first-order valence-corrected chi connectivity index (χ1v) is 6.93. The molecule has 1 unspecified atom stereocenters. The molecule has 0 saturated carbocycles. The summed E-state index contributed by atoms with van der Waals surface area (Å²) in [5, 5.41) is 0. The van der Waals surface area contributed by atoms with Crippen molar-refractivity contribution >= 4 is 0 Å². The maximum atomic E-state index is 5.46. The molecule has 0 spiro atoms. The second-order valence-corrected chi connectivity index (χ2v) is 5.00. The highest BCUT2D eigenvalue weighted by atomic mass is 16.7. The smallest absolute Gasteiger partial charge is 0.160 e. The predicted octanol–water partition coefficient (Wildman–Crippen LogP) is 4.07. The van der Waals surface area contributed by atoms with E-state index in [0.717, 1.165) is 0 Å². The molecule has 2 heteroatoms. The molecule has 2 rings (SSSR count). The van der Waals surface area contributed by atoms with Crippen LogP contribution in [0.15, 0.2) is 60.7 Å². The van der Waals surface area contributed by atoms with Crippen molar-refractivity contribution < 1.29 is 9.47 Å². The van der Waals surface area contributed by atoms with Gasteiger partial charge in [0.1, 0.15) is 0 Å². The zero-order valence-corrected chi connectivity index (χ0v) is 12.3. The Morgan fingerprint density at radius 2 is 1.10 bits per heavy atom. The molecule has 0 N–H and O–H groups in total. The van der Waals surface area contributed by atoms with Crippen molar-refractivity contribution in [1.82, 2.24) is 0 Å². The zero-order chi connectivity index (χ0) is 14.4. The van der Waals surface area contributed by atoms with Gasteiger partial charge in [-0.2, -0.15) is 0 Å². The van der Waals surface area contributed by atoms with E-state index in [1.54, 1.807) is 14.2 Å². The number of benzene rings is 2. The van der Waals surface area contributed by atoms with Crippen molar-refractivity contribution in [3.63, 3.8) is 0 Å².